The molecule has 1 aromatic carbocycles. The summed E-state index contributed by atoms with van der Waals surface area (Å²) in [5.74, 6) is 0.292. The van der Waals surface area contributed by atoms with Crippen molar-refractivity contribution in [3.05, 3.63) is 33.8 Å². The monoisotopic (exact) mass is 384 g/mol. The molecule has 138 valence electrons. The maximum Gasteiger partial charge on any atom is 0.227 e. The summed E-state index contributed by atoms with van der Waals surface area (Å²) >= 11 is 12.0. The van der Waals surface area contributed by atoms with Crippen LogP contribution in [0.4, 0.5) is 0 Å². The lowest BCUT2D eigenvalue weighted by Gasteiger charge is -2.33. The summed E-state index contributed by atoms with van der Waals surface area (Å²) in [6.07, 6.45) is 3.84. The molecule has 0 atom stereocenters. The molecular weight excluding hydrogens is 359 g/mol. The third-order valence-corrected chi connectivity index (χ3v) is 5.36. The standard InChI is InChI=1S/C19H26Cl2N2O2/c1-3-4-9-22(2)19(25)14-7-10-23(11-8-14)18(24)12-15-5-6-16(20)13-17(15)21/h5-6,13-14H,3-4,7-12H2,1-2H3. The zero-order chi connectivity index (χ0) is 18.4. The Kier molecular flexibility index (Phi) is 7.57. The SMILES string of the molecule is CCCCN(C)C(=O)C1CCN(C(=O)Cc2ccc(Cl)cc2Cl)CC1. The quantitative estimate of drug-likeness (QED) is 0.742. The average Bonchev–Trinajstić information content (AvgIpc) is 2.61. The van der Waals surface area contributed by atoms with E-state index in [0.29, 0.717) is 23.1 Å². The van der Waals surface area contributed by atoms with Gasteiger partial charge in [-0.25, -0.2) is 0 Å². The first-order valence-corrected chi connectivity index (χ1v) is 9.64. The van der Waals surface area contributed by atoms with Crippen molar-refractivity contribution >= 4 is 35.0 Å². The zero-order valence-electron chi connectivity index (χ0n) is 14.9. The van der Waals surface area contributed by atoms with Crippen LogP contribution in [0, 0.1) is 5.92 Å². The molecule has 25 heavy (non-hydrogen) atoms. The van der Waals surface area contributed by atoms with Gasteiger partial charge in [0.15, 0.2) is 0 Å². The normalized spacial score (nSPS) is 15.3. The van der Waals surface area contributed by atoms with E-state index in [1.165, 1.54) is 0 Å². The van der Waals surface area contributed by atoms with Gasteiger partial charge < -0.3 is 9.80 Å². The fraction of sp³-hybridized carbons (Fsp3) is 0.579. The Balaban J connectivity index is 1.84. The number of rotatable bonds is 6. The Morgan fingerprint density at radius 2 is 1.92 bits per heavy atom. The van der Waals surface area contributed by atoms with Crippen LogP contribution in [0.2, 0.25) is 10.0 Å². The van der Waals surface area contributed by atoms with Crippen LogP contribution in [0.1, 0.15) is 38.2 Å². The van der Waals surface area contributed by atoms with E-state index in [-0.39, 0.29) is 24.2 Å². The molecular formula is C19H26Cl2N2O2. The molecule has 2 amide bonds. The number of amides is 2. The summed E-state index contributed by atoms with van der Waals surface area (Å²) in [6.45, 7) is 4.18. The number of halogens is 2. The van der Waals surface area contributed by atoms with E-state index >= 15 is 0 Å². The smallest absolute Gasteiger partial charge is 0.227 e. The summed E-state index contributed by atoms with van der Waals surface area (Å²) in [5.41, 5.74) is 0.786. The second-order valence-corrected chi connectivity index (χ2v) is 7.52. The van der Waals surface area contributed by atoms with Gasteiger partial charge in [0.2, 0.25) is 11.8 Å². The second-order valence-electron chi connectivity index (χ2n) is 6.68. The topological polar surface area (TPSA) is 40.6 Å². The zero-order valence-corrected chi connectivity index (χ0v) is 16.4. The lowest BCUT2D eigenvalue weighted by atomic mass is 9.95. The van der Waals surface area contributed by atoms with Gasteiger partial charge in [0.1, 0.15) is 0 Å². The van der Waals surface area contributed by atoms with Crippen molar-refractivity contribution in [1.82, 2.24) is 9.80 Å². The number of nitrogens with zero attached hydrogens (tertiary/aromatic N) is 2. The first-order chi connectivity index (χ1) is 11.9. The fourth-order valence-electron chi connectivity index (χ4n) is 3.13. The molecule has 1 saturated heterocycles. The van der Waals surface area contributed by atoms with Gasteiger partial charge in [-0.2, -0.15) is 0 Å². The molecule has 6 heteroatoms. The van der Waals surface area contributed by atoms with Crippen LogP contribution in [0.3, 0.4) is 0 Å². The Hall–Kier alpha value is -1.26. The molecule has 0 aliphatic carbocycles. The van der Waals surface area contributed by atoms with Crippen molar-refractivity contribution in [2.45, 2.75) is 39.0 Å². The molecule has 1 heterocycles. The minimum absolute atomic E-state index is 0.0324. The summed E-state index contributed by atoms with van der Waals surface area (Å²) in [6, 6.07) is 5.19. The number of carbonyl (C=O) groups excluding carboxylic acids is 2. The minimum Gasteiger partial charge on any atom is -0.346 e. The molecule has 1 aliphatic heterocycles. The number of carbonyl (C=O) groups is 2. The number of likely N-dealkylation sites (tertiary alicyclic amines) is 1. The maximum atomic E-state index is 12.5. The van der Waals surface area contributed by atoms with E-state index in [4.69, 9.17) is 23.2 Å². The largest absolute Gasteiger partial charge is 0.346 e. The van der Waals surface area contributed by atoms with Crippen molar-refractivity contribution in [2.24, 2.45) is 5.92 Å². The Morgan fingerprint density at radius 1 is 1.24 bits per heavy atom. The number of piperidine rings is 1. The third-order valence-electron chi connectivity index (χ3n) is 4.78. The number of hydrogen-bond donors (Lipinski definition) is 0. The third kappa shape index (κ3) is 5.61. The van der Waals surface area contributed by atoms with E-state index in [0.717, 1.165) is 37.8 Å². The van der Waals surface area contributed by atoms with Crippen LogP contribution in [-0.4, -0.2) is 48.3 Å². The molecule has 2 rings (SSSR count). The molecule has 0 aromatic heterocycles. The van der Waals surface area contributed by atoms with E-state index in [2.05, 4.69) is 6.92 Å². The van der Waals surface area contributed by atoms with Gasteiger partial charge in [0.05, 0.1) is 6.42 Å². The van der Waals surface area contributed by atoms with Crippen LogP contribution < -0.4 is 0 Å². The number of unbranched alkanes of at least 4 members (excludes halogenated alkanes) is 1. The van der Waals surface area contributed by atoms with Crippen LogP contribution in [0.5, 0.6) is 0 Å². The molecule has 0 N–H and O–H groups in total. The van der Waals surface area contributed by atoms with Gasteiger partial charge in [-0.3, -0.25) is 9.59 Å². The molecule has 0 bridgehead atoms. The average molecular weight is 385 g/mol. The van der Waals surface area contributed by atoms with Crippen LogP contribution in [0.25, 0.3) is 0 Å². The van der Waals surface area contributed by atoms with Crippen LogP contribution in [-0.2, 0) is 16.0 Å². The Bertz CT molecular complexity index is 613. The molecule has 1 aliphatic rings. The van der Waals surface area contributed by atoms with Gasteiger partial charge in [-0.1, -0.05) is 42.6 Å². The first-order valence-electron chi connectivity index (χ1n) is 8.89. The highest BCUT2D eigenvalue weighted by Crippen LogP contribution is 2.24. The predicted octanol–water partition coefficient (Wildman–Crippen LogP) is 4.03. The van der Waals surface area contributed by atoms with Gasteiger partial charge in [-0.15, -0.1) is 0 Å². The molecule has 0 unspecified atom stereocenters. The van der Waals surface area contributed by atoms with Crippen molar-refractivity contribution in [3.63, 3.8) is 0 Å². The number of hydrogen-bond acceptors (Lipinski definition) is 2. The van der Waals surface area contributed by atoms with E-state index in [1.807, 2.05) is 16.8 Å². The van der Waals surface area contributed by atoms with Gasteiger partial charge in [-0.05, 0) is 37.0 Å². The first kappa shape index (κ1) is 20.1. The van der Waals surface area contributed by atoms with Crippen molar-refractivity contribution < 1.29 is 9.59 Å². The summed E-state index contributed by atoms with van der Waals surface area (Å²) in [5, 5.41) is 1.08. The lowest BCUT2D eigenvalue weighted by Crippen LogP contribution is -2.44. The lowest BCUT2D eigenvalue weighted by molar-refractivity contribution is -0.139. The van der Waals surface area contributed by atoms with Crippen molar-refractivity contribution in [1.29, 1.82) is 0 Å². The van der Waals surface area contributed by atoms with Gasteiger partial charge in [0.25, 0.3) is 0 Å². The highest BCUT2D eigenvalue weighted by Gasteiger charge is 2.29. The van der Waals surface area contributed by atoms with Crippen molar-refractivity contribution in [3.8, 4) is 0 Å². The summed E-state index contributed by atoms with van der Waals surface area (Å²) < 4.78 is 0. The highest BCUT2D eigenvalue weighted by atomic mass is 35.5. The maximum absolute atomic E-state index is 12.5. The number of benzene rings is 1. The molecule has 0 spiro atoms. The highest BCUT2D eigenvalue weighted by molar-refractivity contribution is 6.35. The van der Waals surface area contributed by atoms with Crippen LogP contribution in [0.15, 0.2) is 18.2 Å². The summed E-state index contributed by atoms with van der Waals surface area (Å²) in [4.78, 5) is 28.6. The molecule has 0 radical (unpaired) electrons. The predicted molar refractivity (Wildman–Crippen MR) is 102 cm³/mol. The van der Waals surface area contributed by atoms with Crippen molar-refractivity contribution in [2.75, 3.05) is 26.7 Å². The Morgan fingerprint density at radius 3 is 2.52 bits per heavy atom. The van der Waals surface area contributed by atoms with Gasteiger partial charge in [0, 0.05) is 42.6 Å². The van der Waals surface area contributed by atoms with E-state index in [9.17, 15) is 9.59 Å². The van der Waals surface area contributed by atoms with Gasteiger partial charge >= 0.3 is 0 Å². The summed E-state index contributed by atoms with van der Waals surface area (Å²) in [7, 11) is 1.87. The Labute approximate surface area is 160 Å². The molecule has 4 nitrogen and oxygen atoms in total. The van der Waals surface area contributed by atoms with Crippen LogP contribution >= 0.6 is 23.2 Å². The molecule has 1 fully saturated rings. The second kappa shape index (κ2) is 9.44. The van der Waals surface area contributed by atoms with E-state index in [1.54, 1.807) is 18.2 Å². The molecule has 0 saturated carbocycles. The van der Waals surface area contributed by atoms with E-state index < -0.39 is 0 Å². The molecule has 1 aromatic rings. The minimum atomic E-state index is 0.0324. The fourth-order valence-corrected chi connectivity index (χ4v) is 3.61.